The van der Waals surface area contributed by atoms with Gasteiger partial charge in [0.1, 0.15) is 12.6 Å². The first-order valence-electron chi connectivity index (χ1n) is 10.5. The first kappa shape index (κ1) is 20.8. The van der Waals surface area contributed by atoms with Gasteiger partial charge in [0.05, 0.1) is 17.7 Å². The Morgan fingerprint density at radius 3 is 2.13 bits per heavy atom. The fourth-order valence-electron chi connectivity index (χ4n) is 3.93. The van der Waals surface area contributed by atoms with Crippen molar-refractivity contribution in [3.05, 3.63) is 71.3 Å². The standard InChI is InChI=1S/C24H24N2O5/c1-2-31-21(27)15-25(17-12-13-17)24(30)20(14-16-8-4-3-5-9-16)26-22(28)18-10-6-7-11-19(18)23(26)29/h3-11,17,20H,2,12-15H2,1H3/t20-/m1/s1. The number of rotatable bonds is 8. The third-order valence-corrected chi connectivity index (χ3v) is 5.57. The van der Waals surface area contributed by atoms with Gasteiger partial charge < -0.3 is 9.64 Å². The number of carbonyl (C=O) groups is 4. The highest BCUT2D eigenvalue weighted by Crippen LogP contribution is 2.31. The molecule has 4 rings (SSSR count). The van der Waals surface area contributed by atoms with Gasteiger partial charge in [0, 0.05) is 12.5 Å². The molecule has 0 radical (unpaired) electrons. The Kier molecular flexibility index (Phi) is 5.84. The maximum Gasteiger partial charge on any atom is 0.325 e. The minimum atomic E-state index is -1.04. The van der Waals surface area contributed by atoms with Crippen molar-refractivity contribution in [1.82, 2.24) is 9.80 Å². The lowest BCUT2D eigenvalue weighted by Gasteiger charge is -2.31. The molecule has 0 spiro atoms. The van der Waals surface area contributed by atoms with Crippen LogP contribution in [-0.2, 0) is 20.7 Å². The molecule has 1 atom stereocenters. The molecule has 2 aromatic carbocycles. The number of ether oxygens (including phenoxy) is 1. The van der Waals surface area contributed by atoms with E-state index in [1.165, 1.54) is 4.90 Å². The zero-order valence-electron chi connectivity index (χ0n) is 17.3. The maximum atomic E-state index is 13.7. The molecule has 3 amide bonds. The fraction of sp³-hybridized carbons (Fsp3) is 0.333. The Balaban J connectivity index is 1.68. The van der Waals surface area contributed by atoms with Crippen molar-refractivity contribution >= 4 is 23.7 Å². The van der Waals surface area contributed by atoms with Crippen LogP contribution in [0.4, 0.5) is 0 Å². The van der Waals surface area contributed by atoms with Crippen LogP contribution in [0, 0.1) is 0 Å². The lowest BCUT2D eigenvalue weighted by atomic mass is 10.0. The third-order valence-electron chi connectivity index (χ3n) is 5.57. The predicted molar refractivity (Wildman–Crippen MR) is 112 cm³/mol. The molecule has 0 unspecified atom stereocenters. The number of amides is 3. The number of nitrogens with zero attached hydrogens (tertiary/aromatic N) is 2. The molecule has 7 nitrogen and oxygen atoms in total. The van der Waals surface area contributed by atoms with Crippen LogP contribution in [0.15, 0.2) is 54.6 Å². The van der Waals surface area contributed by atoms with Crippen LogP contribution in [0.3, 0.4) is 0 Å². The normalized spacial score (nSPS) is 16.1. The first-order chi connectivity index (χ1) is 15.0. The molecule has 1 saturated carbocycles. The molecule has 0 bridgehead atoms. The summed E-state index contributed by atoms with van der Waals surface area (Å²) in [5.74, 6) is -1.87. The molecule has 2 aliphatic rings. The molecule has 1 aliphatic heterocycles. The Labute approximate surface area is 180 Å². The van der Waals surface area contributed by atoms with Gasteiger partial charge in [-0.25, -0.2) is 0 Å². The minimum Gasteiger partial charge on any atom is -0.465 e. The molecule has 1 fully saturated rings. The number of carbonyl (C=O) groups excluding carboxylic acids is 4. The Morgan fingerprint density at radius 1 is 1.00 bits per heavy atom. The molecule has 0 N–H and O–H groups in total. The van der Waals surface area contributed by atoms with Gasteiger partial charge in [-0.2, -0.15) is 0 Å². The average Bonchev–Trinajstić information content (AvgIpc) is 3.59. The summed E-state index contributed by atoms with van der Waals surface area (Å²) in [4.78, 5) is 54.6. The van der Waals surface area contributed by atoms with E-state index >= 15 is 0 Å². The lowest BCUT2D eigenvalue weighted by Crippen LogP contribution is -2.53. The highest BCUT2D eigenvalue weighted by atomic mass is 16.5. The van der Waals surface area contributed by atoms with Crippen LogP contribution >= 0.6 is 0 Å². The number of benzene rings is 2. The van der Waals surface area contributed by atoms with Gasteiger partial charge in [-0.05, 0) is 37.5 Å². The number of imide groups is 1. The van der Waals surface area contributed by atoms with Crippen LogP contribution in [0.5, 0.6) is 0 Å². The summed E-state index contributed by atoms with van der Waals surface area (Å²) in [5.41, 5.74) is 1.41. The van der Waals surface area contributed by atoms with Crippen molar-refractivity contribution in [3.8, 4) is 0 Å². The predicted octanol–water partition coefficient (Wildman–Crippen LogP) is 2.45. The summed E-state index contributed by atoms with van der Waals surface area (Å²) in [6, 6.07) is 14.7. The van der Waals surface area contributed by atoms with E-state index in [1.807, 2.05) is 30.3 Å². The van der Waals surface area contributed by atoms with Crippen LogP contribution in [0.1, 0.15) is 46.0 Å². The Hall–Kier alpha value is -3.48. The largest absolute Gasteiger partial charge is 0.465 e. The monoisotopic (exact) mass is 420 g/mol. The van der Waals surface area contributed by atoms with E-state index < -0.39 is 29.7 Å². The van der Waals surface area contributed by atoms with E-state index in [0.717, 1.165) is 23.3 Å². The van der Waals surface area contributed by atoms with Crippen molar-refractivity contribution in [3.63, 3.8) is 0 Å². The van der Waals surface area contributed by atoms with Gasteiger partial charge in [-0.15, -0.1) is 0 Å². The van der Waals surface area contributed by atoms with Crippen LogP contribution < -0.4 is 0 Å². The molecule has 2 aromatic rings. The second kappa shape index (κ2) is 8.71. The van der Waals surface area contributed by atoms with Crippen molar-refractivity contribution in [2.75, 3.05) is 13.2 Å². The van der Waals surface area contributed by atoms with E-state index in [-0.39, 0.29) is 25.6 Å². The van der Waals surface area contributed by atoms with Crippen LogP contribution in [-0.4, -0.2) is 58.7 Å². The topological polar surface area (TPSA) is 84.0 Å². The zero-order chi connectivity index (χ0) is 22.0. The van der Waals surface area contributed by atoms with Gasteiger partial charge in [-0.1, -0.05) is 42.5 Å². The lowest BCUT2D eigenvalue weighted by molar-refractivity contribution is -0.150. The molecule has 7 heteroatoms. The number of fused-ring (bicyclic) bond motifs is 1. The Morgan fingerprint density at radius 2 is 1.58 bits per heavy atom. The molecule has 1 heterocycles. The summed E-state index contributed by atoms with van der Waals surface area (Å²) < 4.78 is 5.04. The van der Waals surface area contributed by atoms with E-state index in [4.69, 9.17) is 4.74 Å². The number of hydrogen-bond acceptors (Lipinski definition) is 5. The molecular formula is C24H24N2O5. The molecule has 0 aromatic heterocycles. The van der Waals surface area contributed by atoms with Gasteiger partial charge in [-0.3, -0.25) is 24.1 Å². The minimum absolute atomic E-state index is 0.0784. The summed E-state index contributed by atoms with van der Waals surface area (Å²) in [5, 5.41) is 0. The number of hydrogen-bond donors (Lipinski definition) is 0. The van der Waals surface area contributed by atoms with Crippen molar-refractivity contribution in [2.24, 2.45) is 0 Å². The smallest absolute Gasteiger partial charge is 0.325 e. The highest BCUT2D eigenvalue weighted by Gasteiger charge is 2.46. The highest BCUT2D eigenvalue weighted by molar-refractivity contribution is 6.22. The molecule has 0 saturated heterocycles. The number of esters is 1. The van der Waals surface area contributed by atoms with Crippen LogP contribution in [0.25, 0.3) is 0 Å². The SMILES string of the molecule is CCOC(=O)CN(C(=O)[C@@H](Cc1ccccc1)N1C(=O)c2ccccc2C1=O)C1CC1. The zero-order valence-corrected chi connectivity index (χ0v) is 17.3. The van der Waals surface area contributed by atoms with Crippen molar-refractivity contribution < 1.29 is 23.9 Å². The van der Waals surface area contributed by atoms with Crippen molar-refractivity contribution in [1.29, 1.82) is 0 Å². The van der Waals surface area contributed by atoms with Crippen LogP contribution in [0.2, 0.25) is 0 Å². The fourth-order valence-corrected chi connectivity index (χ4v) is 3.93. The van der Waals surface area contributed by atoms with Gasteiger partial charge >= 0.3 is 5.97 Å². The van der Waals surface area contributed by atoms with Gasteiger partial charge in [0.2, 0.25) is 5.91 Å². The van der Waals surface area contributed by atoms with E-state index in [0.29, 0.717) is 11.1 Å². The second-order valence-electron chi connectivity index (χ2n) is 7.73. The molecular weight excluding hydrogens is 396 g/mol. The van der Waals surface area contributed by atoms with E-state index in [9.17, 15) is 19.2 Å². The Bertz CT molecular complexity index is 981. The molecule has 160 valence electrons. The van der Waals surface area contributed by atoms with Gasteiger partial charge in [0.15, 0.2) is 0 Å². The van der Waals surface area contributed by atoms with E-state index in [1.54, 1.807) is 31.2 Å². The van der Waals surface area contributed by atoms with Gasteiger partial charge in [0.25, 0.3) is 11.8 Å². The first-order valence-corrected chi connectivity index (χ1v) is 10.5. The summed E-state index contributed by atoms with van der Waals surface area (Å²) in [6.07, 6.45) is 1.74. The summed E-state index contributed by atoms with van der Waals surface area (Å²) >= 11 is 0. The summed E-state index contributed by atoms with van der Waals surface area (Å²) in [7, 11) is 0. The van der Waals surface area contributed by atoms with E-state index in [2.05, 4.69) is 0 Å². The summed E-state index contributed by atoms with van der Waals surface area (Å²) in [6.45, 7) is 1.74. The second-order valence-corrected chi connectivity index (χ2v) is 7.73. The molecule has 31 heavy (non-hydrogen) atoms. The average molecular weight is 420 g/mol. The maximum absolute atomic E-state index is 13.7. The quantitative estimate of drug-likeness (QED) is 0.484. The molecule has 1 aliphatic carbocycles. The van der Waals surface area contributed by atoms with Crippen molar-refractivity contribution in [2.45, 2.75) is 38.3 Å². The third kappa shape index (κ3) is 4.21.